The average Bonchev–Trinajstić information content (AvgIpc) is 2.40. The van der Waals surface area contributed by atoms with E-state index >= 15 is 0 Å². The van der Waals surface area contributed by atoms with Gasteiger partial charge in [0.1, 0.15) is 5.69 Å². The van der Waals surface area contributed by atoms with Gasteiger partial charge in [-0.1, -0.05) is 18.2 Å². The van der Waals surface area contributed by atoms with Crippen molar-refractivity contribution in [3.8, 4) is 0 Å². The minimum absolute atomic E-state index is 0.0131. The van der Waals surface area contributed by atoms with E-state index in [1.807, 2.05) is 6.07 Å². The largest absolute Gasteiger partial charge is 0.294 e. The highest BCUT2D eigenvalue weighted by Crippen LogP contribution is 2.22. The number of benzene rings is 1. The van der Waals surface area contributed by atoms with Crippen molar-refractivity contribution < 1.29 is 4.92 Å². The number of para-hydroxylation sites is 2. The van der Waals surface area contributed by atoms with Crippen LogP contribution >= 0.6 is 0 Å². The highest BCUT2D eigenvalue weighted by molar-refractivity contribution is 5.79. The lowest BCUT2D eigenvalue weighted by Crippen LogP contribution is -1.96. The van der Waals surface area contributed by atoms with Gasteiger partial charge in [-0.05, 0) is 12.1 Å². The van der Waals surface area contributed by atoms with Gasteiger partial charge in [-0.15, -0.1) is 0 Å². The van der Waals surface area contributed by atoms with Crippen LogP contribution in [0.4, 0.5) is 11.4 Å². The molecule has 0 aliphatic heterocycles. The molecule has 0 bridgehead atoms. The van der Waals surface area contributed by atoms with Gasteiger partial charge in [-0.3, -0.25) is 20.5 Å². The number of hydrogen-bond donors (Lipinski definition) is 1. The molecule has 1 N–H and O–H groups in total. The molecule has 0 aliphatic rings. The second-order valence-corrected chi connectivity index (χ2v) is 3.43. The van der Waals surface area contributed by atoms with Gasteiger partial charge in [0.2, 0.25) is 0 Å². The normalized spacial score (nSPS) is 10.4. The van der Waals surface area contributed by atoms with Crippen molar-refractivity contribution >= 4 is 17.6 Å². The van der Waals surface area contributed by atoms with E-state index < -0.39 is 4.92 Å². The van der Waals surface area contributed by atoms with Crippen LogP contribution in [0, 0.1) is 10.1 Å². The minimum atomic E-state index is -0.456. The Morgan fingerprint density at radius 1 is 1.28 bits per heavy atom. The molecule has 6 heteroatoms. The molecule has 2 rings (SSSR count). The maximum Gasteiger partial charge on any atom is 0.294 e. The summed E-state index contributed by atoms with van der Waals surface area (Å²) in [7, 11) is 0. The van der Waals surface area contributed by atoms with Gasteiger partial charge in [0.25, 0.3) is 5.69 Å². The summed E-state index contributed by atoms with van der Waals surface area (Å²) in [6.45, 7) is 0. The number of pyridine rings is 1. The summed E-state index contributed by atoms with van der Waals surface area (Å²) >= 11 is 0. The third kappa shape index (κ3) is 2.88. The van der Waals surface area contributed by atoms with E-state index in [1.165, 1.54) is 6.07 Å². The molecule has 18 heavy (non-hydrogen) atoms. The molecular weight excluding hydrogens is 232 g/mol. The molecule has 0 saturated carbocycles. The van der Waals surface area contributed by atoms with Gasteiger partial charge >= 0.3 is 0 Å². The molecule has 0 aliphatic carbocycles. The van der Waals surface area contributed by atoms with Crippen LogP contribution in [0.1, 0.15) is 5.56 Å². The number of aromatic nitrogens is 1. The van der Waals surface area contributed by atoms with Gasteiger partial charge in [0, 0.05) is 24.0 Å². The lowest BCUT2D eigenvalue weighted by atomic mass is 10.3. The number of nitrogens with one attached hydrogen (secondary N) is 1. The molecule has 0 spiro atoms. The molecule has 2 aromatic rings. The van der Waals surface area contributed by atoms with E-state index in [9.17, 15) is 10.1 Å². The monoisotopic (exact) mass is 242 g/mol. The maximum atomic E-state index is 10.8. The zero-order valence-electron chi connectivity index (χ0n) is 9.35. The zero-order chi connectivity index (χ0) is 12.8. The van der Waals surface area contributed by atoms with Gasteiger partial charge in [-0.25, -0.2) is 0 Å². The first-order chi connectivity index (χ1) is 8.77. The van der Waals surface area contributed by atoms with Crippen LogP contribution in [-0.4, -0.2) is 16.1 Å². The van der Waals surface area contributed by atoms with E-state index in [1.54, 1.807) is 42.9 Å². The highest BCUT2D eigenvalue weighted by atomic mass is 16.6. The number of nitrogens with zero attached hydrogens (tertiary/aromatic N) is 3. The standard InChI is InChI=1S/C12H10N4O2/c17-16(18)12-6-2-1-5-11(12)15-14-9-10-4-3-7-13-8-10/h1-9,15H. The molecule has 0 saturated heterocycles. The number of anilines is 1. The number of nitro groups is 1. The highest BCUT2D eigenvalue weighted by Gasteiger charge is 2.10. The molecule has 0 radical (unpaired) electrons. The molecular formula is C12H10N4O2. The first kappa shape index (κ1) is 11.7. The van der Waals surface area contributed by atoms with Crippen molar-refractivity contribution in [1.82, 2.24) is 4.98 Å². The average molecular weight is 242 g/mol. The van der Waals surface area contributed by atoms with E-state index in [-0.39, 0.29) is 5.69 Å². The molecule has 90 valence electrons. The molecule has 6 nitrogen and oxygen atoms in total. The predicted molar refractivity (Wildman–Crippen MR) is 68.6 cm³/mol. The summed E-state index contributed by atoms with van der Waals surface area (Å²) in [4.78, 5) is 14.2. The number of rotatable bonds is 4. The van der Waals surface area contributed by atoms with Crippen LogP contribution in [0.5, 0.6) is 0 Å². The Balaban J connectivity index is 2.11. The van der Waals surface area contributed by atoms with E-state index in [0.717, 1.165) is 5.56 Å². The molecule has 0 unspecified atom stereocenters. The smallest absolute Gasteiger partial charge is 0.272 e. The van der Waals surface area contributed by atoms with Gasteiger partial charge in [-0.2, -0.15) is 5.10 Å². The van der Waals surface area contributed by atoms with E-state index in [4.69, 9.17) is 0 Å². The van der Waals surface area contributed by atoms with Gasteiger partial charge in [0.05, 0.1) is 11.1 Å². The van der Waals surface area contributed by atoms with Crippen LogP contribution in [0.25, 0.3) is 0 Å². The van der Waals surface area contributed by atoms with E-state index in [2.05, 4.69) is 15.5 Å². The number of hydrazone groups is 1. The maximum absolute atomic E-state index is 10.8. The summed E-state index contributed by atoms with van der Waals surface area (Å²) in [5.41, 5.74) is 3.79. The summed E-state index contributed by atoms with van der Waals surface area (Å²) in [5.74, 6) is 0. The van der Waals surface area contributed by atoms with Crippen molar-refractivity contribution in [1.29, 1.82) is 0 Å². The SMILES string of the molecule is O=[N+]([O-])c1ccccc1NN=Cc1cccnc1. The minimum Gasteiger partial charge on any atom is -0.272 e. The Bertz CT molecular complexity index is 569. The fourth-order valence-corrected chi connectivity index (χ4v) is 1.36. The van der Waals surface area contributed by atoms with Crippen molar-refractivity contribution in [2.45, 2.75) is 0 Å². The van der Waals surface area contributed by atoms with Crippen LogP contribution in [0.15, 0.2) is 53.9 Å². The van der Waals surface area contributed by atoms with E-state index in [0.29, 0.717) is 5.69 Å². The number of hydrogen-bond acceptors (Lipinski definition) is 5. The van der Waals surface area contributed by atoms with Crippen LogP contribution < -0.4 is 5.43 Å². The first-order valence-corrected chi connectivity index (χ1v) is 5.20. The first-order valence-electron chi connectivity index (χ1n) is 5.20. The molecule has 0 amide bonds. The Morgan fingerprint density at radius 3 is 2.83 bits per heavy atom. The lowest BCUT2D eigenvalue weighted by Gasteiger charge is -2.00. The Morgan fingerprint density at radius 2 is 2.11 bits per heavy atom. The molecule has 1 heterocycles. The third-order valence-electron chi connectivity index (χ3n) is 2.18. The second kappa shape index (κ2) is 5.53. The quantitative estimate of drug-likeness (QED) is 0.507. The summed E-state index contributed by atoms with van der Waals surface area (Å²) in [6, 6.07) is 9.94. The number of nitro benzene ring substituents is 1. The Labute approximate surface area is 103 Å². The fourth-order valence-electron chi connectivity index (χ4n) is 1.36. The third-order valence-corrected chi connectivity index (χ3v) is 2.18. The van der Waals surface area contributed by atoms with Gasteiger partial charge in [0.15, 0.2) is 0 Å². The Hall–Kier alpha value is -2.76. The molecule has 0 fully saturated rings. The Kier molecular flexibility index (Phi) is 3.60. The molecule has 0 atom stereocenters. The van der Waals surface area contributed by atoms with Crippen molar-refractivity contribution in [2.24, 2.45) is 5.10 Å². The van der Waals surface area contributed by atoms with Crippen LogP contribution in [-0.2, 0) is 0 Å². The van der Waals surface area contributed by atoms with Gasteiger partial charge < -0.3 is 0 Å². The van der Waals surface area contributed by atoms with Crippen LogP contribution in [0.3, 0.4) is 0 Å². The molecule has 1 aromatic carbocycles. The summed E-state index contributed by atoms with van der Waals surface area (Å²) in [5, 5.41) is 14.7. The summed E-state index contributed by atoms with van der Waals surface area (Å²) in [6.07, 6.45) is 4.85. The van der Waals surface area contributed by atoms with Crippen molar-refractivity contribution in [3.05, 3.63) is 64.5 Å². The second-order valence-electron chi connectivity index (χ2n) is 3.43. The fraction of sp³-hybridized carbons (Fsp3) is 0. The van der Waals surface area contributed by atoms with Crippen molar-refractivity contribution in [2.75, 3.05) is 5.43 Å². The van der Waals surface area contributed by atoms with Crippen LogP contribution in [0.2, 0.25) is 0 Å². The predicted octanol–water partition coefficient (Wildman–Crippen LogP) is 2.44. The van der Waals surface area contributed by atoms with Crippen molar-refractivity contribution in [3.63, 3.8) is 0 Å². The topological polar surface area (TPSA) is 80.4 Å². The lowest BCUT2D eigenvalue weighted by molar-refractivity contribution is -0.384. The summed E-state index contributed by atoms with van der Waals surface area (Å²) < 4.78 is 0. The molecule has 1 aromatic heterocycles. The zero-order valence-corrected chi connectivity index (χ0v) is 9.35.